The van der Waals surface area contributed by atoms with Gasteiger partial charge < -0.3 is 10.1 Å². The number of hydrogen-bond acceptors (Lipinski definition) is 3. The molecule has 1 atom stereocenters. The van der Waals surface area contributed by atoms with Crippen LogP contribution in [0.15, 0.2) is 24.3 Å². The van der Waals surface area contributed by atoms with Gasteiger partial charge in [0.1, 0.15) is 11.1 Å². The smallest absolute Gasteiger partial charge is 0.137 e. The van der Waals surface area contributed by atoms with Crippen LogP contribution in [0.25, 0.3) is 0 Å². The van der Waals surface area contributed by atoms with Gasteiger partial charge in [0.05, 0.1) is 13.2 Å². The zero-order valence-electron chi connectivity index (χ0n) is 7.83. The van der Waals surface area contributed by atoms with E-state index in [1.165, 1.54) is 0 Å². The fourth-order valence-corrected chi connectivity index (χ4v) is 1.04. The van der Waals surface area contributed by atoms with Crippen molar-refractivity contribution in [1.29, 1.82) is 5.26 Å². The van der Waals surface area contributed by atoms with Crippen molar-refractivity contribution in [3.8, 4) is 11.8 Å². The SMILES string of the molecule is COc1ccc(NCC(Cl)C#N)cc1. The number of anilines is 1. The van der Waals surface area contributed by atoms with Gasteiger partial charge in [0.25, 0.3) is 0 Å². The third-order valence-electron chi connectivity index (χ3n) is 1.72. The van der Waals surface area contributed by atoms with Crippen LogP contribution in [0.4, 0.5) is 5.69 Å². The van der Waals surface area contributed by atoms with Crippen molar-refractivity contribution < 1.29 is 4.74 Å². The number of nitriles is 1. The molecule has 0 aromatic heterocycles. The predicted octanol–water partition coefficient (Wildman–Crippen LogP) is 2.24. The number of hydrogen-bond donors (Lipinski definition) is 1. The minimum atomic E-state index is -0.503. The molecule has 0 saturated heterocycles. The highest BCUT2D eigenvalue weighted by Crippen LogP contribution is 2.14. The zero-order valence-corrected chi connectivity index (χ0v) is 8.58. The maximum Gasteiger partial charge on any atom is 0.137 e. The zero-order chi connectivity index (χ0) is 10.4. The Morgan fingerprint density at radius 3 is 2.64 bits per heavy atom. The second-order valence-electron chi connectivity index (χ2n) is 2.71. The summed E-state index contributed by atoms with van der Waals surface area (Å²) >= 11 is 5.63. The molecule has 74 valence electrons. The number of nitrogens with one attached hydrogen (secondary N) is 1. The van der Waals surface area contributed by atoms with Crippen LogP contribution in [0.2, 0.25) is 0 Å². The summed E-state index contributed by atoms with van der Waals surface area (Å²) in [6, 6.07) is 9.38. The van der Waals surface area contributed by atoms with Gasteiger partial charge in [-0.05, 0) is 24.3 Å². The summed E-state index contributed by atoms with van der Waals surface area (Å²) in [5.74, 6) is 0.804. The van der Waals surface area contributed by atoms with E-state index in [1.54, 1.807) is 7.11 Å². The van der Waals surface area contributed by atoms with Crippen LogP contribution in [0, 0.1) is 11.3 Å². The number of benzene rings is 1. The van der Waals surface area contributed by atoms with E-state index in [1.807, 2.05) is 30.3 Å². The van der Waals surface area contributed by atoms with E-state index < -0.39 is 5.38 Å². The van der Waals surface area contributed by atoms with E-state index in [2.05, 4.69) is 5.32 Å². The first-order valence-electron chi connectivity index (χ1n) is 4.18. The number of methoxy groups -OCH3 is 1. The van der Waals surface area contributed by atoms with Gasteiger partial charge in [0, 0.05) is 12.2 Å². The molecule has 4 heteroatoms. The largest absolute Gasteiger partial charge is 0.497 e. The molecule has 0 aliphatic rings. The fraction of sp³-hybridized carbons (Fsp3) is 0.300. The topological polar surface area (TPSA) is 45.0 Å². The first-order valence-corrected chi connectivity index (χ1v) is 4.61. The summed E-state index contributed by atoms with van der Waals surface area (Å²) in [7, 11) is 1.62. The van der Waals surface area contributed by atoms with Crippen LogP contribution in [0.5, 0.6) is 5.75 Å². The quantitative estimate of drug-likeness (QED) is 0.776. The van der Waals surface area contributed by atoms with Crippen molar-refractivity contribution in [2.45, 2.75) is 5.38 Å². The predicted molar refractivity (Wildman–Crippen MR) is 56.7 cm³/mol. The molecule has 0 aliphatic heterocycles. The summed E-state index contributed by atoms with van der Waals surface area (Å²) in [4.78, 5) is 0. The first kappa shape index (κ1) is 10.7. The molecule has 0 spiro atoms. The summed E-state index contributed by atoms with van der Waals surface area (Å²) in [5, 5.41) is 11.0. The standard InChI is InChI=1S/C10H11ClN2O/c1-14-10-4-2-9(3-5-10)13-7-8(11)6-12/h2-5,8,13H,7H2,1H3. The van der Waals surface area contributed by atoms with Crippen molar-refractivity contribution in [3.63, 3.8) is 0 Å². The molecule has 3 nitrogen and oxygen atoms in total. The maximum absolute atomic E-state index is 8.45. The van der Waals surface area contributed by atoms with Gasteiger partial charge in [-0.15, -0.1) is 11.6 Å². The van der Waals surface area contributed by atoms with E-state index >= 15 is 0 Å². The highest BCUT2D eigenvalue weighted by atomic mass is 35.5. The Balaban J connectivity index is 2.48. The molecule has 1 aromatic rings. The first-order chi connectivity index (χ1) is 6.76. The fourth-order valence-electron chi connectivity index (χ4n) is 0.962. The summed E-state index contributed by atoms with van der Waals surface area (Å²) in [6.07, 6.45) is 0. The molecule has 1 rings (SSSR count). The Kier molecular flexibility index (Phi) is 4.09. The monoisotopic (exact) mass is 210 g/mol. The maximum atomic E-state index is 8.45. The van der Waals surface area contributed by atoms with Crippen LogP contribution < -0.4 is 10.1 Å². The summed E-state index contributed by atoms with van der Waals surface area (Å²) in [5.41, 5.74) is 0.923. The molecule has 0 aliphatic carbocycles. The number of rotatable bonds is 4. The Morgan fingerprint density at radius 1 is 1.50 bits per heavy atom. The van der Waals surface area contributed by atoms with Crippen molar-refractivity contribution >= 4 is 17.3 Å². The average Bonchev–Trinajstić information content (AvgIpc) is 2.26. The van der Waals surface area contributed by atoms with E-state index in [4.69, 9.17) is 21.6 Å². The highest BCUT2D eigenvalue weighted by molar-refractivity contribution is 6.22. The minimum Gasteiger partial charge on any atom is -0.497 e. The van der Waals surface area contributed by atoms with E-state index in [0.717, 1.165) is 11.4 Å². The molecule has 1 unspecified atom stereocenters. The van der Waals surface area contributed by atoms with Crippen LogP contribution >= 0.6 is 11.6 Å². The number of nitrogens with zero attached hydrogens (tertiary/aromatic N) is 1. The lowest BCUT2D eigenvalue weighted by molar-refractivity contribution is 0.415. The Hall–Kier alpha value is -1.40. The summed E-state index contributed by atoms with van der Waals surface area (Å²) in [6.45, 7) is 0.435. The molecule has 1 N–H and O–H groups in total. The van der Waals surface area contributed by atoms with Gasteiger partial charge in [0.15, 0.2) is 0 Å². The third-order valence-corrected chi connectivity index (χ3v) is 1.97. The van der Waals surface area contributed by atoms with Crippen molar-refractivity contribution in [3.05, 3.63) is 24.3 Å². The Morgan fingerprint density at radius 2 is 2.14 bits per heavy atom. The van der Waals surface area contributed by atoms with Gasteiger partial charge in [0.2, 0.25) is 0 Å². The molecular formula is C10H11ClN2O. The second-order valence-corrected chi connectivity index (χ2v) is 3.23. The van der Waals surface area contributed by atoms with Crippen LogP contribution in [0.3, 0.4) is 0 Å². The highest BCUT2D eigenvalue weighted by Gasteiger charge is 2.00. The van der Waals surface area contributed by atoms with Gasteiger partial charge in [-0.25, -0.2) is 0 Å². The van der Waals surface area contributed by atoms with Crippen molar-refractivity contribution in [2.75, 3.05) is 19.0 Å². The third kappa shape index (κ3) is 3.15. The summed E-state index contributed by atoms with van der Waals surface area (Å²) < 4.78 is 5.01. The van der Waals surface area contributed by atoms with Crippen LogP contribution in [0.1, 0.15) is 0 Å². The second kappa shape index (κ2) is 5.36. The molecule has 0 fully saturated rings. The number of ether oxygens (including phenoxy) is 1. The minimum absolute atomic E-state index is 0.435. The van der Waals surface area contributed by atoms with E-state index in [0.29, 0.717) is 6.54 Å². The van der Waals surface area contributed by atoms with Gasteiger partial charge in [-0.3, -0.25) is 0 Å². The molecule has 14 heavy (non-hydrogen) atoms. The Bertz CT molecular complexity index is 318. The number of halogens is 1. The van der Waals surface area contributed by atoms with Gasteiger partial charge in [-0.1, -0.05) is 0 Å². The molecular weight excluding hydrogens is 200 g/mol. The molecule has 0 saturated carbocycles. The molecule has 0 heterocycles. The molecule has 0 bridgehead atoms. The van der Waals surface area contributed by atoms with Gasteiger partial charge in [-0.2, -0.15) is 5.26 Å². The van der Waals surface area contributed by atoms with Gasteiger partial charge >= 0.3 is 0 Å². The van der Waals surface area contributed by atoms with Crippen LogP contribution in [-0.2, 0) is 0 Å². The Labute approximate surface area is 88.3 Å². The normalized spacial score (nSPS) is 11.5. The van der Waals surface area contributed by atoms with E-state index in [-0.39, 0.29) is 0 Å². The van der Waals surface area contributed by atoms with E-state index in [9.17, 15) is 0 Å². The van der Waals surface area contributed by atoms with Crippen molar-refractivity contribution in [2.24, 2.45) is 0 Å². The number of alkyl halides is 1. The molecule has 1 aromatic carbocycles. The van der Waals surface area contributed by atoms with Crippen molar-refractivity contribution in [1.82, 2.24) is 0 Å². The lowest BCUT2D eigenvalue weighted by Gasteiger charge is -2.06. The molecule has 0 amide bonds. The lowest BCUT2D eigenvalue weighted by atomic mass is 10.3. The molecule has 0 radical (unpaired) electrons. The average molecular weight is 211 g/mol. The lowest BCUT2D eigenvalue weighted by Crippen LogP contribution is -2.11. The van der Waals surface area contributed by atoms with Crippen LogP contribution in [-0.4, -0.2) is 19.0 Å².